The maximum absolute atomic E-state index is 11.4. The minimum Gasteiger partial charge on any atom is -0.448 e. The van der Waals surface area contributed by atoms with Gasteiger partial charge < -0.3 is 15.8 Å². The molecule has 7 nitrogen and oxygen atoms in total. The van der Waals surface area contributed by atoms with Crippen molar-refractivity contribution in [3.8, 4) is 0 Å². The van der Waals surface area contributed by atoms with Crippen LogP contribution in [-0.2, 0) is 14.3 Å². The number of nitrogens with zero attached hydrogens (tertiary/aromatic N) is 1. The Morgan fingerprint density at radius 3 is 2.80 bits per heavy atom. The molecule has 0 bridgehead atoms. The van der Waals surface area contributed by atoms with Crippen molar-refractivity contribution in [3.63, 3.8) is 0 Å². The molecule has 1 atom stereocenters. The van der Waals surface area contributed by atoms with E-state index in [0.29, 0.717) is 6.54 Å². The predicted octanol–water partition coefficient (Wildman–Crippen LogP) is -1.57. The molecular weight excluding hydrogens is 202 g/mol. The molecule has 0 aromatic heterocycles. The summed E-state index contributed by atoms with van der Waals surface area (Å²) in [5, 5.41) is 2.80. The molecule has 0 spiro atoms. The Hall–Kier alpha value is -1.63. The molecule has 15 heavy (non-hydrogen) atoms. The number of likely N-dealkylation sites (tertiary alicyclic amines) is 1. The molecule has 3 N–H and O–H groups in total. The van der Waals surface area contributed by atoms with Crippen molar-refractivity contribution in [1.29, 1.82) is 0 Å². The molecule has 1 saturated heterocycles. The number of likely N-dealkylation sites (N-methyl/N-ethyl adjacent to an activating group) is 1. The molecule has 1 heterocycles. The largest absolute Gasteiger partial charge is 0.448 e. The highest BCUT2D eigenvalue weighted by molar-refractivity contribution is 6.05. The molecular formula is C8H13N3O4. The van der Waals surface area contributed by atoms with Gasteiger partial charge in [-0.15, -0.1) is 0 Å². The lowest BCUT2D eigenvalue weighted by atomic mass is 10.2. The first-order chi connectivity index (χ1) is 7.02. The molecule has 0 radical (unpaired) electrons. The summed E-state index contributed by atoms with van der Waals surface area (Å²) >= 11 is 0. The summed E-state index contributed by atoms with van der Waals surface area (Å²) in [5.41, 5.74) is 4.74. The lowest BCUT2D eigenvalue weighted by Crippen LogP contribution is -2.39. The normalized spacial score (nSPS) is 20.9. The van der Waals surface area contributed by atoms with Crippen molar-refractivity contribution >= 4 is 17.9 Å². The molecule has 84 valence electrons. The van der Waals surface area contributed by atoms with Crippen molar-refractivity contribution in [2.24, 2.45) is 5.73 Å². The van der Waals surface area contributed by atoms with Crippen LogP contribution in [0.1, 0.15) is 6.42 Å². The van der Waals surface area contributed by atoms with Gasteiger partial charge >= 0.3 is 6.09 Å². The van der Waals surface area contributed by atoms with Crippen LogP contribution in [0.4, 0.5) is 4.79 Å². The number of carbonyl (C=O) groups is 3. The van der Waals surface area contributed by atoms with Crippen molar-refractivity contribution in [2.45, 2.75) is 12.5 Å². The van der Waals surface area contributed by atoms with E-state index in [1.807, 2.05) is 0 Å². The molecule has 1 aliphatic heterocycles. The highest BCUT2D eigenvalue weighted by atomic mass is 16.5. The first-order valence-corrected chi connectivity index (χ1v) is 4.48. The van der Waals surface area contributed by atoms with Crippen LogP contribution >= 0.6 is 0 Å². The zero-order valence-corrected chi connectivity index (χ0v) is 8.36. The third kappa shape index (κ3) is 2.91. The van der Waals surface area contributed by atoms with E-state index in [-0.39, 0.29) is 24.8 Å². The Balaban J connectivity index is 2.26. The van der Waals surface area contributed by atoms with E-state index in [0.717, 1.165) is 4.90 Å². The molecule has 1 aliphatic rings. The lowest BCUT2D eigenvalue weighted by Gasteiger charge is -2.10. The van der Waals surface area contributed by atoms with Crippen molar-refractivity contribution in [1.82, 2.24) is 10.2 Å². The summed E-state index contributed by atoms with van der Waals surface area (Å²) in [7, 11) is 1.44. The number of imide groups is 1. The number of hydrogen-bond donors (Lipinski definition) is 2. The van der Waals surface area contributed by atoms with E-state index in [9.17, 15) is 14.4 Å². The first kappa shape index (κ1) is 11.4. The van der Waals surface area contributed by atoms with E-state index in [1.54, 1.807) is 0 Å². The summed E-state index contributed by atoms with van der Waals surface area (Å²) in [4.78, 5) is 33.7. The van der Waals surface area contributed by atoms with Crippen LogP contribution in [-0.4, -0.2) is 49.0 Å². The minimum absolute atomic E-state index is 0.0804. The Morgan fingerprint density at radius 1 is 1.67 bits per heavy atom. The smallest absolute Gasteiger partial charge is 0.404 e. The third-order valence-corrected chi connectivity index (χ3v) is 2.12. The average Bonchev–Trinajstić information content (AvgIpc) is 2.41. The standard InChI is InChI=1S/C8H13N3O4/c1-11-6(12)4-5(7(11)13)10-2-3-15-8(9)14/h5,10H,2-4H2,1H3,(H2,9,14). The molecule has 1 unspecified atom stereocenters. The molecule has 0 aliphatic carbocycles. The Bertz CT molecular complexity index is 292. The van der Waals surface area contributed by atoms with Gasteiger partial charge in [0.1, 0.15) is 6.61 Å². The number of hydrogen-bond acceptors (Lipinski definition) is 5. The number of primary amides is 1. The van der Waals surface area contributed by atoms with Crippen molar-refractivity contribution in [2.75, 3.05) is 20.2 Å². The van der Waals surface area contributed by atoms with Crippen molar-refractivity contribution in [3.05, 3.63) is 0 Å². The summed E-state index contributed by atoms with van der Waals surface area (Å²) in [5.74, 6) is -0.479. The zero-order chi connectivity index (χ0) is 11.4. The summed E-state index contributed by atoms with van der Waals surface area (Å²) in [6, 6.07) is -0.515. The van der Waals surface area contributed by atoms with Gasteiger partial charge in [0, 0.05) is 13.6 Å². The van der Waals surface area contributed by atoms with Gasteiger partial charge in [0.05, 0.1) is 12.5 Å². The van der Waals surface area contributed by atoms with Crippen LogP contribution in [0.2, 0.25) is 0 Å². The first-order valence-electron chi connectivity index (χ1n) is 4.48. The SMILES string of the molecule is CN1C(=O)CC(NCCOC(N)=O)C1=O. The van der Waals surface area contributed by atoms with Gasteiger partial charge in [-0.3, -0.25) is 14.5 Å². The van der Waals surface area contributed by atoms with Crippen LogP contribution in [0, 0.1) is 0 Å². The number of nitrogens with one attached hydrogen (secondary N) is 1. The monoisotopic (exact) mass is 215 g/mol. The van der Waals surface area contributed by atoms with Gasteiger partial charge in [-0.05, 0) is 0 Å². The van der Waals surface area contributed by atoms with Crippen LogP contribution in [0.3, 0.4) is 0 Å². The third-order valence-electron chi connectivity index (χ3n) is 2.12. The fourth-order valence-corrected chi connectivity index (χ4v) is 1.30. The lowest BCUT2D eigenvalue weighted by molar-refractivity contribution is -0.137. The molecule has 0 aromatic carbocycles. The Morgan fingerprint density at radius 2 is 2.33 bits per heavy atom. The highest BCUT2D eigenvalue weighted by Gasteiger charge is 2.35. The van der Waals surface area contributed by atoms with Gasteiger partial charge in [0.15, 0.2) is 0 Å². The highest BCUT2D eigenvalue weighted by Crippen LogP contribution is 2.09. The fourth-order valence-electron chi connectivity index (χ4n) is 1.30. The number of ether oxygens (including phenoxy) is 1. The molecule has 1 rings (SSSR count). The van der Waals surface area contributed by atoms with Crippen molar-refractivity contribution < 1.29 is 19.1 Å². The molecule has 1 fully saturated rings. The summed E-state index contributed by atoms with van der Waals surface area (Å²) < 4.78 is 4.46. The molecule has 3 amide bonds. The fraction of sp³-hybridized carbons (Fsp3) is 0.625. The van der Waals surface area contributed by atoms with Gasteiger partial charge in [0.2, 0.25) is 11.8 Å². The summed E-state index contributed by atoms with van der Waals surface area (Å²) in [6.07, 6.45) is -0.714. The van der Waals surface area contributed by atoms with Gasteiger partial charge in [-0.1, -0.05) is 0 Å². The van der Waals surface area contributed by atoms with Crippen LogP contribution < -0.4 is 11.1 Å². The quantitative estimate of drug-likeness (QED) is 0.435. The van der Waals surface area contributed by atoms with Gasteiger partial charge in [-0.2, -0.15) is 0 Å². The maximum atomic E-state index is 11.4. The molecule has 0 saturated carbocycles. The minimum atomic E-state index is -0.859. The van der Waals surface area contributed by atoms with E-state index in [4.69, 9.17) is 5.73 Å². The Labute approximate surface area is 86.5 Å². The van der Waals surface area contributed by atoms with Crippen LogP contribution in [0.15, 0.2) is 0 Å². The van der Waals surface area contributed by atoms with Gasteiger partial charge in [-0.25, -0.2) is 4.79 Å². The topological polar surface area (TPSA) is 102 Å². The van der Waals surface area contributed by atoms with E-state index in [1.165, 1.54) is 7.05 Å². The predicted molar refractivity (Wildman–Crippen MR) is 49.7 cm³/mol. The maximum Gasteiger partial charge on any atom is 0.404 e. The Kier molecular flexibility index (Phi) is 3.62. The summed E-state index contributed by atoms with van der Waals surface area (Å²) in [6.45, 7) is 0.373. The van der Waals surface area contributed by atoms with Crippen LogP contribution in [0.5, 0.6) is 0 Å². The molecule has 7 heteroatoms. The van der Waals surface area contributed by atoms with E-state index in [2.05, 4.69) is 10.1 Å². The molecule has 0 aromatic rings. The number of amides is 3. The number of nitrogens with two attached hydrogens (primary N) is 1. The van der Waals surface area contributed by atoms with Gasteiger partial charge in [0.25, 0.3) is 0 Å². The number of carbonyl (C=O) groups excluding carboxylic acids is 3. The second-order valence-electron chi connectivity index (χ2n) is 3.17. The van der Waals surface area contributed by atoms with E-state index < -0.39 is 12.1 Å². The zero-order valence-electron chi connectivity index (χ0n) is 8.36. The second-order valence-corrected chi connectivity index (χ2v) is 3.17. The second kappa shape index (κ2) is 4.74. The van der Waals surface area contributed by atoms with Crippen LogP contribution in [0.25, 0.3) is 0 Å². The average molecular weight is 215 g/mol. The number of rotatable bonds is 4. The van der Waals surface area contributed by atoms with E-state index >= 15 is 0 Å².